The van der Waals surface area contributed by atoms with Crippen LogP contribution in [0.1, 0.15) is 34.1 Å². The molecule has 0 aromatic rings. The molecule has 0 radical (unpaired) electrons. The zero-order valence-corrected chi connectivity index (χ0v) is 10.5. The molecule has 0 heterocycles. The van der Waals surface area contributed by atoms with Gasteiger partial charge in [-0.25, -0.2) is 4.79 Å². The topological polar surface area (TPSA) is 41.6 Å². The number of hydrogen-bond donors (Lipinski definition) is 1. The molecule has 1 N–H and O–H groups in total. The van der Waals surface area contributed by atoms with E-state index in [1.54, 1.807) is 0 Å². The van der Waals surface area contributed by atoms with E-state index in [9.17, 15) is 4.79 Å². The van der Waals surface area contributed by atoms with Crippen LogP contribution in [0.4, 0.5) is 4.79 Å². The average molecular weight is 216 g/mol. The second-order valence-electron chi connectivity index (χ2n) is 4.31. The van der Waals surface area contributed by atoms with Gasteiger partial charge in [0.05, 0.1) is 6.10 Å². The molecule has 1 amide bonds. The third kappa shape index (κ3) is 8.24. The van der Waals surface area contributed by atoms with Crippen molar-refractivity contribution >= 4 is 6.09 Å². The van der Waals surface area contributed by atoms with Crippen molar-refractivity contribution in [3.63, 3.8) is 0 Å². The van der Waals surface area contributed by atoms with E-state index in [1.165, 1.54) is 0 Å². The summed E-state index contributed by atoms with van der Waals surface area (Å²) in [5.74, 6) is 0. The van der Waals surface area contributed by atoms with Crippen LogP contribution in [0.3, 0.4) is 0 Å². The van der Waals surface area contributed by atoms with Gasteiger partial charge in [0.15, 0.2) is 0 Å². The Balaban J connectivity index is 3.42. The molecule has 0 unspecified atom stereocenters. The summed E-state index contributed by atoms with van der Waals surface area (Å²) in [5.41, 5.74) is 0. The van der Waals surface area contributed by atoms with Crippen molar-refractivity contribution < 1.29 is 9.53 Å². The molecule has 0 spiro atoms. The predicted octanol–water partition coefficient (Wildman–Crippen LogP) is 1.85. The third-order valence-corrected chi connectivity index (χ3v) is 2.18. The molecule has 90 valence electrons. The molecule has 0 atom stereocenters. The van der Waals surface area contributed by atoms with Crippen LogP contribution in [0.25, 0.3) is 0 Å². The molecular formula is C11H24N2O2. The van der Waals surface area contributed by atoms with Gasteiger partial charge in [0.25, 0.3) is 0 Å². The van der Waals surface area contributed by atoms with Crippen LogP contribution >= 0.6 is 0 Å². The van der Waals surface area contributed by atoms with Gasteiger partial charge in [0, 0.05) is 12.6 Å². The molecule has 0 rings (SSSR count). The highest BCUT2D eigenvalue weighted by Crippen LogP contribution is 1.94. The Morgan fingerprint density at radius 2 is 1.93 bits per heavy atom. The molecule has 0 aromatic carbocycles. The number of carbonyl (C=O) groups excluding carboxylic acids is 1. The van der Waals surface area contributed by atoms with E-state index in [0.29, 0.717) is 12.6 Å². The molecule has 0 aliphatic heterocycles. The summed E-state index contributed by atoms with van der Waals surface area (Å²) in [6.45, 7) is 9.64. The fourth-order valence-electron chi connectivity index (χ4n) is 1.03. The van der Waals surface area contributed by atoms with Gasteiger partial charge in [0.1, 0.15) is 0 Å². The van der Waals surface area contributed by atoms with Gasteiger partial charge in [-0.05, 0) is 47.7 Å². The Morgan fingerprint density at radius 1 is 1.33 bits per heavy atom. The summed E-state index contributed by atoms with van der Waals surface area (Å²) in [7, 11) is 2.08. The molecule has 4 heteroatoms. The lowest BCUT2D eigenvalue weighted by Crippen LogP contribution is -2.32. The molecule has 0 aliphatic carbocycles. The second kappa shape index (κ2) is 7.51. The van der Waals surface area contributed by atoms with Crippen LogP contribution < -0.4 is 5.32 Å². The second-order valence-corrected chi connectivity index (χ2v) is 4.31. The summed E-state index contributed by atoms with van der Waals surface area (Å²) >= 11 is 0. The monoisotopic (exact) mass is 216 g/mol. The first-order valence-corrected chi connectivity index (χ1v) is 5.58. The fraction of sp³-hybridized carbons (Fsp3) is 0.909. The van der Waals surface area contributed by atoms with E-state index >= 15 is 0 Å². The van der Waals surface area contributed by atoms with Gasteiger partial charge in [-0.3, -0.25) is 0 Å². The maximum atomic E-state index is 11.1. The Hall–Kier alpha value is -0.770. The van der Waals surface area contributed by atoms with E-state index in [1.807, 2.05) is 13.8 Å². The maximum Gasteiger partial charge on any atom is 0.407 e. The Kier molecular flexibility index (Phi) is 7.13. The standard InChI is InChI=1S/C11H24N2O2/c1-9(2)13(5)8-6-7-12-11(14)15-10(3)4/h9-10H,6-8H2,1-5H3,(H,12,14). The van der Waals surface area contributed by atoms with Crippen LogP contribution in [-0.2, 0) is 4.74 Å². The highest BCUT2D eigenvalue weighted by molar-refractivity contribution is 5.67. The van der Waals surface area contributed by atoms with Crippen molar-refractivity contribution in [2.24, 2.45) is 0 Å². The van der Waals surface area contributed by atoms with Crippen molar-refractivity contribution in [3.8, 4) is 0 Å². The first kappa shape index (κ1) is 14.2. The summed E-state index contributed by atoms with van der Waals surface area (Å²) in [5, 5.41) is 2.72. The SMILES string of the molecule is CC(C)OC(=O)NCCCN(C)C(C)C. The number of alkyl carbamates (subject to hydrolysis) is 1. The van der Waals surface area contributed by atoms with Gasteiger partial charge < -0.3 is 15.0 Å². The Morgan fingerprint density at radius 3 is 2.40 bits per heavy atom. The predicted molar refractivity (Wildman–Crippen MR) is 62.0 cm³/mol. The summed E-state index contributed by atoms with van der Waals surface area (Å²) < 4.78 is 4.94. The van der Waals surface area contributed by atoms with Gasteiger partial charge in [-0.15, -0.1) is 0 Å². The molecule has 0 saturated heterocycles. The molecule has 0 fully saturated rings. The number of nitrogens with zero attached hydrogens (tertiary/aromatic N) is 1. The molecule has 15 heavy (non-hydrogen) atoms. The van der Waals surface area contributed by atoms with E-state index in [-0.39, 0.29) is 12.2 Å². The molecule has 0 aliphatic rings. The van der Waals surface area contributed by atoms with Crippen LogP contribution in [0.2, 0.25) is 0 Å². The normalized spacial score (nSPS) is 11.2. The van der Waals surface area contributed by atoms with E-state index in [0.717, 1.165) is 13.0 Å². The first-order chi connectivity index (χ1) is 6.93. The minimum Gasteiger partial charge on any atom is -0.447 e. The number of carbonyl (C=O) groups is 1. The van der Waals surface area contributed by atoms with E-state index < -0.39 is 0 Å². The van der Waals surface area contributed by atoms with E-state index in [2.05, 4.69) is 31.1 Å². The molecular weight excluding hydrogens is 192 g/mol. The molecule has 0 saturated carbocycles. The Labute approximate surface area is 93.0 Å². The third-order valence-electron chi connectivity index (χ3n) is 2.18. The number of amides is 1. The zero-order chi connectivity index (χ0) is 11.8. The lowest BCUT2D eigenvalue weighted by molar-refractivity contribution is 0.115. The van der Waals surface area contributed by atoms with Gasteiger partial charge in [0.2, 0.25) is 0 Å². The van der Waals surface area contributed by atoms with Gasteiger partial charge >= 0.3 is 6.09 Å². The van der Waals surface area contributed by atoms with Crippen molar-refractivity contribution in [1.82, 2.24) is 10.2 Å². The number of ether oxygens (including phenoxy) is 1. The molecule has 0 aromatic heterocycles. The fourth-order valence-corrected chi connectivity index (χ4v) is 1.03. The van der Waals surface area contributed by atoms with Crippen LogP contribution in [-0.4, -0.2) is 43.3 Å². The first-order valence-electron chi connectivity index (χ1n) is 5.58. The van der Waals surface area contributed by atoms with Gasteiger partial charge in [-0.1, -0.05) is 0 Å². The zero-order valence-electron chi connectivity index (χ0n) is 10.5. The summed E-state index contributed by atoms with van der Waals surface area (Å²) in [6.07, 6.45) is 0.572. The quantitative estimate of drug-likeness (QED) is 0.689. The maximum absolute atomic E-state index is 11.1. The Bertz CT molecular complexity index is 181. The smallest absolute Gasteiger partial charge is 0.407 e. The van der Waals surface area contributed by atoms with Crippen molar-refractivity contribution in [2.75, 3.05) is 20.1 Å². The summed E-state index contributed by atoms with van der Waals surface area (Å²) in [6, 6.07) is 0.549. The largest absolute Gasteiger partial charge is 0.447 e. The lowest BCUT2D eigenvalue weighted by Gasteiger charge is -2.20. The van der Waals surface area contributed by atoms with Crippen molar-refractivity contribution in [2.45, 2.75) is 46.3 Å². The summed E-state index contributed by atoms with van der Waals surface area (Å²) in [4.78, 5) is 13.3. The number of hydrogen-bond acceptors (Lipinski definition) is 3. The highest BCUT2D eigenvalue weighted by Gasteiger charge is 2.05. The minimum atomic E-state index is -0.322. The molecule has 0 bridgehead atoms. The number of rotatable bonds is 6. The van der Waals surface area contributed by atoms with Crippen molar-refractivity contribution in [1.29, 1.82) is 0 Å². The lowest BCUT2D eigenvalue weighted by atomic mass is 10.3. The van der Waals surface area contributed by atoms with Gasteiger partial charge in [-0.2, -0.15) is 0 Å². The van der Waals surface area contributed by atoms with Crippen LogP contribution in [0.15, 0.2) is 0 Å². The van der Waals surface area contributed by atoms with Crippen molar-refractivity contribution in [3.05, 3.63) is 0 Å². The number of nitrogens with one attached hydrogen (secondary N) is 1. The minimum absolute atomic E-state index is 0.0525. The highest BCUT2D eigenvalue weighted by atomic mass is 16.6. The molecule has 4 nitrogen and oxygen atoms in total. The van der Waals surface area contributed by atoms with E-state index in [4.69, 9.17) is 4.74 Å². The average Bonchev–Trinajstić information content (AvgIpc) is 2.10. The van der Waals surface area contributed by atoms with Crippen LogP contribution in [0.5, 0.6) is 0 Å². The van der Waals surface area contributed by atoms with Crippen LogP contribution in [0, 0.1) is 0 Å².